The molecule has 162 valence electrons. The summed E-state index contributed by atoms with van der Waals surface area (Å²) in [5.41, 5.74) is 3.42. The minimum absolute atomic E-state index is 0.157. The van der Waals surface area contributed by atoms with Gasteiger partial charge in [0.2, 0.25) is 0 Å². The van der Waals surface area contributed by atoms with Gasteiger partial charge in [-0.1, -0.05) is 51.1 Å². The van der Waals surface area contributed by atoms with Crippen molar-refractivity contribution in [3.8, 4) is 5.75 Å². The van der Waals surface area contributed by atoms with Crippen molar-refractivity contribution in [1.82, 2.24) is 4.98 Å². The second-order valence-electron chi connectivity index (χ2n) is 9.56. The zero-order valence-corrected chi connectivity index (χ0v) is 19.9. The first kappa shape index (κ1) is 22.6. The molecule has 1 heterocycles. The Morgan fingerprint density at radius 2 is 1.80 bits per heavy atom. The minimum Gasteiger partial charge on any atom is -0.489 e. The quantitative estimate of drug-likeness (QED) is 0.410. The average molecular weight is 426 g/mol. The molecule has 2 N–H and O–H groups in total. The van der Waals surface area contributed by atoms with Crippen LogP contribution in [0.1, 0.15) is 38.3 Å². The number of aliphatic hydroxyl groups excluding tert-OH is 1. The van der Waals surface area contributed by atoms with Gasteiger partial charge in [0.15, 0.2) is 8.32 Å². The largest absolute Gasteiger partial charge is 0.489 e. The van der Waals surface area contributed by atoms with E-state index in [1.807, 2.05) is 36.5 Å². The number of nitrogens with one attached hydrogen (secondary N) is 1. The van der Waals surface area contributed by atoms with Crippen LogP contribution in [0.4, 0.5) is 0 Å². The van der Waals surface area contributed by atoms with E-state index < -0.39 is 14.4 Å². The number of hydrogen-bond donors (Lipinski definition) is 2. The molecule has 3 rings (SSSR count). The standard InChI is InChI=1S/C25H35NO3Si/c1-25(2,3)30(4,5)29-18-21(27)12-11-20-16-26-24-15-22(13-14-23(20)24)28-17-19-9-7-6-8-10-19/h6-10,13-16,21,26-27H,11-12,17-18H2,1-5H3/t21-/m0/s1. The summed E-state index contributed by atoms with van der Waals surface area (Å²) in [4.78, 5) is 3.34. The first-order chi connectivity index (χ1) is 14.2. The highest BCUT2D eigenvalue weighted by molar-refractivity contribution is 6.74. The number of aromatic amines is 1. The molecule has 2 aromatic carbocycles. The van der Waals surface area contributed by atoms with Crippen LogP contribution in [0, 0.1) is 0 Å². The van der Waals surface area contributed by atoms with Crippen molar-refractivity contribution in [2.45, 2.75) is 64.5 Å². The molecular weight excluding hydrogens is 390 g/mol. The Hall–Kier alpha value is -2.08. The second-order valence-corrected chi connectivity index (χ2v) is 14.4. The Morgan fingerprint density at radius 1 is 1.07 bits per heavy atom. The van der Waals surface area contributed by atoms with Gasteiger partial charge in [0.1, 0.15) is 12.4 Å². The highest BCUT2D eigenvalue weighted by Gasteiger charge is 2.37. The van der Waals surface area contributed by atoms with Crippen LogP contribution in [0.15, 0.2) is 54.7 Å². The monoisotopic (exact) mass is 425 g/mol. The number of benzene rings is 2. The smallest absolute Gasteiger partial charge is 0.192 e. The van der Waals surface area contributed by atoms with Gasteiger partial charge < -0.3 is 19.3 Å². The van der Waals surface area contributed by atoms with E-state index in [4.69, 9.17) is 9.16 Å². The summed E-state index contributed by atoms with van der Waals surface area (Å²) in [5.74, 6) is 0.850. The number of aliphatic hydroxyl groups is 1. The topological polar surface area (TPSA) is 54.5 Å². The van der Waals surface area contributed by atoms with Crippen molar-refractivity contribution in [2.24, 2.45) is 0 Å². The highest BCUT2D eigenvalue weighted by Crippen LogP contribution is 2.36. The number of aryl methyl sites for hydroxylation is 1. The molecule has 4 nitrogen and oxygen atoms in total. The van der Waals surface area contributed by atoms with Crippen molar-refractivity contribution >= 4 is 19.2 Å². The van der Waals surface area contributed by atoms with E-state index in [-0.39, 0.29) is 5.04 Å². The molecule has 0 radical (unpaired) electrons. The van der Waals surface area contributed by atoms with E-state index in [0.717, 1.165) is 23.3 Å². The van der Waals surface area contributed by atoms with Gasteiger partial charge in [-0.15, -0.1) is 0 Å². The molecular formula is C25H35NO3Si. The fourth-order valence-electron chi connectivity index (χ4n) is 3.13. The maximum atomic E-state index is 10.4. The predicted molar refractivity (Wildman–Crippen MR) is 127 cm³/mol. The zero-order chi connectivity index (χ0) is 21.8. The van der Waals surface area contributed by atoms with E-state index in [0.29, 0.717) is 19.6 Å². The number of ether oxygens (including phenoxy) is 1. The Kier molecular flexibility index (Phi) is 7.06. The molecule has 0 fully saturated rings. The lowest BCUT2D eigenvalue weighted by atomic mass is 10.1. The highest BCUT2D eigenvalue weighted by atomic mass is 28.4. The van der Waals surface area contributed by atoms with Crippen LogP contribution in [0.5, 0.6) is 5.75 Å². The molecule has 0 saturated heterocycles. The molecule has 1 atom stereocenters. The lowest BCUT2D eigenvalue weighted by Crippen LogP contribution is -2.42. The van der Waals surface area contributed by atoms with E-state index >= 15 is 0 Å². The lowest BCUT2D eigenvalue weighted by Gasteiger charge is -2.36. The Labute approximate surface area is 181 Å². The first-order valence-corrected chi connectivity index (χ1v) is 13.7. The van der Waals surface area contributed by atoms with Crippen molar-refractivity contribution in [1.29, 1.82) is 0 Å². The van der Waals surface area contributed by atoms with Crippen LogP contribution in [0.25, 0.3) is 10.9 Å². The Morgan fingerprint density at radius 3 is 2.50 bits per heavy atom. The predicted octanol–water partition coefficient (Wildman–Crippen LogP) is 6.06. The second kappa shape index (κ2) is 9.37. The van der Waals surface area contributed by atoms with E-state index in [1.165, 1.54) is 10.9 Å². The third kappa shape index (κ3) is 5.75. The SMILES string of the molecule is CC(C)(C)[Si](C)(C)OC[C@@H](O)CCc1c[nH]c2cc(OCc3ccccc3)ccc12. The molecule has 0 aliphatic heterocycles. The maximum Gasteiger partial charge on any atom is 0.192 e. The van der Waals surface area contributed by atoms with E-state index in [1.54, 1.807) is 0 Å². The van der Waals surface area contributed by atoms with Crippen LogP contribution >= 0.6 is 0 Å². The summed E-state index contributed by atoms with van der Waals surface area (Å²) in [6.07, 6.45) is 3.09. The molecule has 5 heteroatoms. The molecule has 0 aliphatic rings. The number of aromatic nitrogens is 1. The van der Waals surface area contributed by atoms with Gasteiger partial charge in [-0.3, -0.25) is 0 Å². The summed E-state index contributed by atoms with van der Waals surface area (Å²) in [5, 5.41) is 11.8. The summed E-state index contributed by atoms with van der Waals surface area (Å²) in [7, 11) is -1.83. The number of rotatable bonds is 9. The molecule has 0 amide bonds. The molecule has 0 spiro atoms. The van der Waals surface area contributed by atoms with Crippen LogP contribution in [-0.2, 0) is 17.5 Å². The fraction of sp³-hybridized carbons (Fsp3) is 0.440. The van der Waals surface area contributed by atoms with Crippen LogP contribution in [0.3, 0.4) is 0 Å². The van der Waals surface area contributed by atoms with Crippen molar-refractivity contribution in [3.63, 3.8) is 0 Å². The van der Waals surface area contributed by atoms with Gasteiger partial charge in [0.25, 0.3) is 0 Å². The molecule has 0 saturated carbocycles. The zero-order valence-electron chi connectivity index (χ0n) is 18.9. The average Bonchev–Trinajstić information content (AvgIpc) is 3.11. The molecule has 0 aliphatic carbocycles. The first-order valence-electron chi connectivity index (χ1n) is 10.7. The molecule has 3 aromatic rings. The van der Waals surface area contributed by atoms with Gasteiger partial charge in [-0.25, -0.2) is 0 Å². The molecule has 0 bridgehead atoms. The van der Waals surface area contributed by atoms with Crippen LogP contribution in [0.2, 0.25) is 18.1 Å². The molecule has 0 unspecified atom stereocenters. The number of H-pyrrole nitrogens is 1. The molecule has 1 aromatic heterocycles. The van der Waals surface area contributed by atoms with Crippen molar-refractivity contribution in [2.75, 3.05) is 6.61 Å². The van der Waals surface area contributed by atoms with Gasteiger partial charge in [-0.2, -0.15) is 0 Å². The third-order valence-corrected chi connectivity index (χ3v) is 10.7. The van der Waals surface area contributed by atoms with Gasteiger partial charge in [0, 0.05) is 23.2 Å². The summed E-state index contributed by atoms with van der Waals surface area (Å²) >= 11 is 0. The summed E-state index contributed by atoms with van der Waals surface area (Å²) in [6.45, 7) is 12.1. The third-order valence-electron chi connectivity index (χ3n) is 6.18. The molecule has 30 heavy (non-hydrogen) atoms. The van der Waals surface area contributed by atoms with Crippen molar-refractivity contribution < 1.29 is 14.3 Å². The minimum atomic E-state index is -1.83. The van der Waals surface area contributed by atoms with Crippen molar-refractivity contribution in [3.05, 3.63) is 65.9 Å². The van der Waals surface area contributed by atoms with Crippen LogP contribution in [-0.4, -0.2) is 31.1 Å². The summed E-state index contributed by atoms with van der Waals surface area (Å²) in [6, 6.07) is 16.3. The lowest BCUT2D eigenvalue weighted by molar-refractivity contribution is 0.0932. The Balaban J connectivity index is 1.54. The van der Waals surface area contributed by atoms with E-state index in [9.17, 15) is 5.11 Å². The van der Waals surface area contributed by atoms with Gasteiger partial charge >= 0.3 is 0 Å². The maximum absolute atomic E-state index is 10.4. The fourth-order valence-corrected chi connectivity index (χ4v) is 4.17. The van der Waals surface area contributed by atoms with Gasteiger partial charge in [-0.05, 0) is 54.2 Å². The normalized spacial score (nSPS) is 13.5. The van der Waals surface area contributed by atoms with Crippen LogP contribution < -0.4 is 4.74 Å². The Bertz CT molecular complexity index is 944. The van der Waals surface area contributed by atoms with Gasteiger partial charge in [0.05, 0.1) is 12.7 Å². The van der Waals surface area contributed by atoms with E-state index in [2.05, 4.69) is 57.0 Å². The number of hydrogen-bond acceptors (Lipinski definition) is 3. The summed E-state index contributed by atoms with van der Waals surface area (Å²) < 4.78 is 12.1. The number of fused-ring (bicyclic) bond motifs is 1.